The molecule has 0 N–H and O–H groups in total. The minimum atomic E-state index is -2.22. The van der Waals surface area contributed by atoms with Crippen molar-refractivity contribution in [3.63, 3.8) is 0 Å². The van der Waals surface area contributed by atoms with Gasteiger partial charge < -0.3 is 4.21 Å². The van der Waals surface area contributed by atoms with Gasteiger partial charge in [-0.25, -0.2) is 4.58 Å². The second-order valence-corrected chi connectivity index (χ2v) is 4.05. The highest BCUT2D eigenvalue weighted by Gasteiger charge is 2.20. The van der Waals surface area contributed by atoms with Crippen molar-refractivity contribution in [3.8, 4) is 0 Å². The van der Waals surface area contributed by atoms with Crippen LogP contribution in [0.1, 0.15) is 0 Å². The minimum Gasteiger partial charge on any atom is -0.324 e. The van der Waals surface area contributed by atoms with Gasteiger partial charge in [0.25, 0.3) is 0 Å². The molecule has 2 atom stereocenters. The molecule has 2 unspecified atom stereocenters. The van der Waals surface area contributed by atoms with Crippen LogP contribution in [0.15, 0.2) is 0 Å². The third-order valence-corrected chi connectivity index (χ3v) is 3.40. The lowest BCUT2D eigenvalue weighted by Gasteiger charge is -1.85. The van der Waals surface area contributed by atoms with Crippen LogP contribution < -0.4 is 0 Å². The smallest absolute Gasteiger partial charge is 0.324 e. The molecule has 0 aromatic carbocycles. The second-order valence-electron chi connectivity index (χ2n) is 1.12. The van der Waals surface area contributed by atoms with Crippen LogP contribution >= 0.6 is 8.25 Å². The molecule has 1 rings (SSSR count). The molecule has 6 heteroatoms. The second kappa shape index (κ2) is 2.06. The third kappa shape index (κ3) is 1.36. The molecule has 1 fully saturated rings. The van der Waals surface area contributed by atoms with Crippen LogP contribution in [-0.4, -0.2) is 9.28 Å². The van der Waals surface area contributed by atoms with E-state index in [4.69, 9.17) is 0 Å². The Morgan fingerprint density at radius 1 is 1.71 bits per heavy atom. The number of rotatable bonds is 0. The average molecular weight is 140 g/mol. The van der Waals surface area contributed by atoms with Gasteiger partial charge in [0.2, 0.25) is 0 Å². The molecule has 0 saturated carbocycles. The third-order valence-electron chi connectivity index (χ3n) is 0.514. The molecule has 1 saturated heterocycles. The van der Waals surface area contributed by atoms with Crippen molar-refractivity contribution in [2.45, 2.75) is 6.55 Å². The summed E-state index contributed by atoms with van der Waals surface area (Å²) < 4.78 is 23.3. The fourth-order valence-electron chi connectivity index (χ4n) is 0.282. The van der Waals surface area contributed by atoms with E-state index in [0.29, 0.717) is 0 Å². The van der Waals surface area contributed by atoms with Gasteiger partial charge in [-0.15, -0.1) is 0 Å². The summed E-state index contributed by atoms with van der Waals surface area (Å²) in [5, 5.41) is 0. The molecule has 4 nitrogen and oxygen atoms in total. The normalized spacial score (nSPS) is 41.9. The van der Waals surface area contributed by atoms with Crippen molar-refractivity contribution >= 4 is 17.5 Å². The van der Waals surface area contributed by atoms with Gasteiger partial charge in [0, 0.05) is 0 Å². The first-order valence-corrected chi connectivity index (χ1v) is 5.15. The van der Waals surface area contributed by atoms with E-state index < -0.39 is 17.5 Å². The van der Waals surface area contributed by atoms with E-state index in [1.54, 1.807) is 6.55 Å². The molecule has 0 radical (unpaired) electrons. The first-order chi connectivity index (χ1) is 3.29. The Morgan fingerprint density at radius 2 is 2.43 bits per heavy atom. The standard InChI is InChI=1S/CH5O4PSi/c1-7-4-3-6(2)5-7/h6-7H,1H3. The maximum atomic E-state index is 10.1. The van der Waals surface area contributed by atoms with Crippen LogP contribution in [0.2, 0.25) is 6.55 Å². The van der Waals surface area contributed by atoms with Crippen molar-refractivity contribution in [2.75, 3.05) is 0 Å². The Balaban J connectivity index is 2.40. The molecule has 0 aromatic rings. The van der Waals surface area contributed by atoms with Gasteiger partial charge >= 0.3 is 17.5 Å². The Hall–Kier alpha value is 0.327. The van der Waals surface area contributed by atoms with Gasteiger partial charge in [0.05, 0.1) is 0 Å². The summed E-state index contributed by atoms with van der Waals surface area (Å²) in [5.41, 5.74) is 0. The van der Waals surface area contributed by atoms with E-state index in [2.05, 4.69) is 13.5 Å². The van der Waals surface area contributed by atoms with Crippen LogP contribution in [0.4, 0.5) is 0 Å². The Morgan fingerprint density at radius 3 is 2.57 bits per heavy atom. The molecule has 42 valence electrons. The average Bonchev–Trinajstić information content (AvgIpc) is 1.87. The van der Waals surface area contributed by atoms with Crippen LogP contribution in [0, 0.1) is 0 Å². The van der Waals surface area contributed by atoms with Crippen molar-refractivity contribution in [1.29, 1.82) is 0 Å². The highest BCUT2D eigenvalue weighted by atomic mass is 31.1. The van der Waals surface area contributed by atoms with Gasteiger partial charge in [-0.05, 0) is 6.55 Å². The fourth-order valence-corrected chi connectivity index (χ4v) is 2.54. The fraction of sp³-hybridized carbons (Fsp3) is 1.00. The lowest BCUT2D eigenvalue weighted by atomic mass is 11.9. The van der Waals surface area contributed by atoms with E-state index in [0.717, 1.165) is 0 Å². The summed E-state index contributed by atoms with van der Waals surface area (Å²) in [6.07, 6.45) is 0. The topological polar surface area (TPSA) is 44.8 Å². The number of hydrogen-bond donors (Lipinski definition) is 0. The van der Waals surface area contributed by atoms with Crippen LogP contribution in [0.3, 0.4) is 0 Å². The highest BCUT2D eigenvalue weighted by molar-refractivity contribution is 7.35. The van der Waals surface area contributed by atoms with Gasteiger partial charge in [0.15, 0.2) is 0 Å². The van der Waals surface area contributed by atoms with Gasteiger partial charge in [-0.2, -0.15) is 4.67 Å². The van der Waals surface area contributed by atoms with Gasteiger partial charge in [0.1, 0.15) is 0 Å². The zero-order chi connectivity index (χ0) is 5.28. The van der Waals surface area contributed by atoms with Crippen LogP contribution in [-0.2, 0) is 18.0 Å². The Bertz CT molecular complexity index is 93.7. The van der Waals surface area contributed by atoms with Crippen LogP contribution in [0.25, 0.3) is 0 Å². The molecule has 0 bridgehead atoms. The molecule has 7 heavy (non-hydrogen) atoms. The first kappa shape index (κ1) is 5.46. The molecule has 0 aromatic heterocycles. The van der Waals surface area contributed by atoms with Crippen molar-refractivity contribution in [2.24, 2.45) is 0 Å². The Kier molecular flexibility index (Phi) is 1.61. The molecular formula is CH5O4PSi. The van der Waals surface area contributed by atoms with E-state index in [1.165, 1.54) is 0 Å². The molecular weight excluding hydrogens is 135 g/mol. The SMILES string of the molecule is C[SiH]1OO[PH](=O)O1. The zero-order valence-corrected chi connectivity index (χ0v) is 5.87. The molecule has 1 heterocycles. The van der Waals surface area contributed by atoms with E-state index >= 15 is 0 Å². The Labute approximate surface area is 43.1 Å². The van der Waals surface area contributed by atoms with Crippen molar-refractivity contribution < 1.29 is 18.0 Å². The zero-order valence-electron chi connectivity index (χ0n) is 3.71. The minimum absolute atomic E-state index is 1.60. The van der Waals surface area contributed by atoms with E-state index in [1.807, 2.05) is 0 Å². The van der Waals surface area contributed by atoms with Gasteiger partial charge in [-0.3, -0.25) is 4.57 Å². The predicted molar refractivity (Wildman–Crippen MR) is 25.3 cm³/mol. The highest BCUT2D eigenvalue weighted by Crippen LogP contribution is 2.31. The summed E-state index contributed by atoms with van der Waals surface area (Å²) in [6, 6.07) is 0. The summed E-state index contributed by atoms with van der Waals surface area (Å²) >= 11 is 0. The lowest BCUT2D eigenvalue weighted by Crippen LogP contribution is -2.04. The maximum Gasteiger partial charge on any atom is 0.365 e. The monoisotopic (exact) mass is 140 g/mol. The molecule has 0 aliphatic carbocycles. The summed E-state index contributed by atoms with van der Waals surface area (Å²) in [7, 11) is -3.81. The lowest BCUT2D eigenvalue weighted by molar-refractivity contribution is -0.0851. The molecule has 1 aliphatic heterocycles. The van der Waals surface area contributed by atoms with Crippen molar-refractivity contribution in [3.05, 3.63) is 0 Å². The molecule has 0 amide bonds. The van der Waals surface area contributed by atoms with Crippen molar-refractivity contribution in [1.82, 2.24) is 0 Å². The van der Waals surface area contributed by atoms with Gasteiger partial charge in [-0.1, -0.05) is 0 Å². The summed E-state index contributed by atoms with van der Waals surface area (Å²) in [4.78, 5) is 0. The predicted octanol–water partition coefficient (Wildman–Crippen LogP) is 0.205. The number of hydrogen-bond acceptors (Lipinski definition) is 4. The maximum absolute atomic E-state index is 10.1. The molecule has 1 aliphatic rings. The quantitative estimate of drug-likeness (QED) is 0.274. The summed E-state index contributed by atoms with van der Waals surface area (Å²) in [5.74, 6) is 0. The van der Waals surface area contributed by atoms with E-state index in [9.17, 15) is 4.57 Å². The van der Waals surface area contributed by atoms with E-state index in [-0.39, 0.29) is 0 Å². The largest absolute Gasteiger partial charge is 0.365 e. The van der Waals surface area contributed by atoms with Crippen LogP contribution in [0.5, 0.6) is 0 Å². The molecule has 0 spiro atoms. The summed E-state index contributed by atoms with van der Waals surface area (Å²) in [6.45, 7) is 1.75. The first-order valence-electron chi connectivity index (χ1n) is 1.83.